The van der Waals surface area contributed by atoms with E-state index >= 15 is 0 Å². The molecule has 0 aliphatic carbocycles. The van der Waals surface area contributed by atoms with E-state index in [2.05, 4.69) is 10.4 Å². The lowest BCUT2D eigenvalue weighted by Crippen LogP contribution is -2.36. The number of aryl methyl sites for hydroxylation is 1. The topological polar surface area (TPSA) is 96.7 Å². The maximum Gasteiger partial charge on any atom is 0.322 e. The average molecular weight is 270 g/mol. The first kappa shape index (κ1) is 14.8. The fraction of sp³-hybridized carbons (Fsp3) is 0.545. The highest BCUT2D eigenvalue weighted by Crippen LogP contribution is 2.15. The van der Waals surface area contributed by atoms with Crippen molar-refractivity contribution < 1.29 is 19.4 Å². The zero-order valence-corrected chi connectivity index (χ0v) is 11.4. The van der Waals surface area contributed by atoms with Gasteiger partial charge in [0, 0.05) is 26.7 Å². The number of nitrogens with one attached hydrogen (secondary N) is 1. The third-order valence-corrected chi connectivity index (χ3v) is 2.60. The molecule has 2 amide bonds. The molecule has 8 nitrogen and oxygen atoms in total. The molecular formula is C11H18N4O4. The Labute approximate surface area is 110 Å². The van der Waals surface area contributed by atoms with Crippen molar-refractivity contribution >= 4 is 17.8 Å². The van der Waals surface area contributed by atoms with Crippen LogP contribution in [0.2, 0.25) is 0 Å². The zero-order chi connectivity index (χ0) is 14.6. The first-order valence-electron chi connectivity index (χ1n) is 5.68. The molecule has 19 heavy (non-hydrogen) atoms. The van der Waals surface area contributed by atoms with Gasteiger partial charge in [-0.3, -0.25) is 10.1 Å². The van der Waals surface area contributed by atoms with Gasteiger partial charge in [0.25, 0.3) is 0 Å². The molecule has 0 aliphatic heterocycles. The summed E-state index contributed by atoms with van der Waals surface area (Å²) in [5, 5.41) is 15.4. The van der Waals surface area contributed by atoms with Crippen LogP contribution in [-0.2, 0) is 11.8 Å². The van der Waals surface area contributed by atoms with Crippen LogP contribution in [0.1, 0.15) is 6.92 Å². The van der Waals surface area contributed by atoms with Crippen LogP contribution >= 0.6 is 0 Å². The van der Waals surface area contributed by atoms with E-state index in [1.54, 1.807) is 13.1 Å². The average Bonchev–Trinajstić information content (AvgIpc) is 2.68. The smallest absolute Gasteiger partial charge is 0.322 e. The molecule has 106 valence electrons. The van der Waals surface area contributed by atoms with Crippen molar-refractivity contribution in [3.63, 3.8) is 0 Å². The zero-order valence-electron chi connectivity index (χ0n) is 11.4. The standard InChI is InChI=1S/C11H18N4O4/c1-7(10(16)17)6-14(2)11(18)12-8-5-9(19-4)15(3)13-8/h5,7H,6H2,1-4H3,(H,16,17)(H,12,13,18). The van der Waals surface area contributed by atoms with Gasteiger partial charge in [0.1, 0.15) is 0 Å². The number of carbonyl (C=O) groups is 2. The monoisotopic (exact) mass is 270 g/mol. The van der Waals surface area contributed by atoms with Gasteiger partial charge in [0.05, 0.1) is 13.0 Å². The van der Waals surface area contributed by atoms with Crippen LogP contribution in [0.5, 0.6) is 5.88 Å². The second kappa shape index (κ2) is 6.07. The molecule has 0 spiro atoms. The van der Waals surface area contributed by atoms with Crippen molar-refractivity contribution in [2.24, 2.45) is 13.0 Å². The molecule has 0 bridgehead atoms. The van der Waals surface area contributed by atoms with E-state index in [0.717, 1.165) is 0 Å². The molecule has 1 heterocycles. The minimum absolute atomic E-state index is 0.116. The van der Waals surface area contributed by atoms with Gasteiger partial charge in [0.15, 0.2) is 5.82 Å². The predicted molar refractivity (Wildman–Crippen MR) is 68.2 cm³/mol. The number of carboxylic acid groups (broad SMARTS) is 1. The Kier molecular flexibility index (Phi) is 4.74. The Hall–Kier alpha value is -2.25. The number of amides is 2. The molecule has 0 radical (unpaired) electrons. The number of nitrogens with zero attached hydrogens (tertiary/aromatic N) is 3. The van der Waals surface area contributed by atoms with Gasteiger partial charge in [0.2, 0.25) is 5.88 Å². The third-order valence-electron chi connectivity index (χ3n) is 2.60. The minimum Gasteiger partial charge on any atom is -0.481 e. The largest absolute Gasteiger partial charge is 0.481 e. The number of aliphatic carboxylic acids is 1. The first-order chi connectivity index (χ1) is 8.85. The van der Waals surface area contributed by atoms with E-state index in [1.807, 2.05) is 0 Å². The molecule has 0 aromatic carbocycles. The van der Waals surface area contributed by atoms with Crippen LogP contribution in [-0.4, -0.2) is 52.5 Å². The lowest BCUT2D eigenvalue weighted by molar-refractivity contribution is -0.141. The van der Waals surface area contributed by atoms with Crippen molar-refractivity contribution in [3.8, 4) is 5.88 Å². The van der Waals surface area contributed by atoms with E-state index in [4.69, 9.17) is 9.84 Å². The van der Waals surface area contributed by atoms with Gasteiger partial charge in [-0.2, -0.15) is 5.10 Å². The van der Waals surface area contributed by atoms with Gasteiger partial charge in [-0.05, 0) is 0 Å². The summed E-state index contributed by atoms with van der Waals surface area (Å²) in [7, 11) is 4.71. The summed E-state index contributed by atoms with van der Waals surface area (Å²) in [5.41, 5.74) is 0. The molecule has 0 saturated heterocycles. The lowest BCUT2D eigenvalue weighted by Gasteiger charge is -2.19. The molecule has 1 unspecified atom stereocenters. The number of hydrogen-bond donors (Lipinski definition) is 2. The molecule has 1 aromatic heterocycles. The van der Waals surface area contributed by atoms with Gasteiger partial charge in [-0.25, -0.2) is 9.48 Å². The summed E-state index contributed by atoms with van der Waals surface area (Å²) >= 11 is 0. The van der Waals surface area contributed by atoms with Gasteiger partial charge >= 0.3 is 12.0 Å². The van der Waals surface area contributed by atoms with E-state index < -0.39 is 17.9 Å². The number of urea groups is 1. The lowest BCUT2D eigenvalue weighted by atomic mass is 10.2. The van der Waals surface area contributed by atoms with E-state index in [9.17, 15) is 9.59 Å². The summed E-state index contributed by atoms with van der Waals surface area (Å²) in [4.78, 5) is 23.8. The molecule has 8 heteroatoms. The number of aromatic nitrogens is 2. The molecule has 0 saturated carbocycles. The highest BCUT2D eigenvalue weighted by atomic mass is 16.5. The van der Waals surface area contributed by atoms with Crippen LogP contribution in [0.25, 0.3) is 0 Å². The fourth-order valence-electron chi connectivity index (χ4n) is 1.48. The van der Waals surface area contributed by atoms with Crippen molar-refractivity contribution in [2.45, 2.75) is 6.92 Å². The molecular weight excluding hydrogens is 252 g/mol. The Morgan fingerprint density at radius 2 is 2.26 bits per heavy atom. The molecule has 0 aliphatic rings. The summed E-state index contributed by atoms with van der Waals surface area (Å²) < 4.78 is 6.50. The summed E-state index contributed by atoms with van der Waals surface area (Å²) in [6, 6.07) is 1.15. The Balaban J connectivity index is 2.60. The minimum atomic E-state index is -0.945. The van der Waals surface area contributed by atoms with Crippen LogP contribution < -0.4 is 10.1 Å². The Morgan fingerprint density at radius 3 is 2.74 bits per heavy atom. The Morgan fingerprint density at radius 1 is 1.63 bits per heavy atom. The number of methoxy groups -OCH3 is 1. The highest BCUT2D eigenvalue weighted by Gasteiger charge is 2.18. The number of hydrogen-bond acceptors (Lipinski definition) is 4. The summed E-state index contributed by atoms with van der Waals surface area (Å²) in [5.74, 6) is -0.718. The first-order valence-corrected chi connectivity index (χ1v) is 5.68. The second-order valence-corrected chi connectivity index (χ2v) is 4.25. The molecule has 1 rings (SSSR count). The SMILES string of the molecule is COc1cc(NC(=O)N(C)CC(C)C(=O)O)nn1C. The number of ether oxygens (including phenoxy) is 1. The fourth-order valence-corrected chi connectivity index (χ4v) is 1.48. The van der Waals surface area contributed by atoms with Gasteiger partial charge < -0.3 is 14.7 Å². The van der Waals surface area contributed by atoms with Crippen LogP contribution in [0.3, 0.4) is 0 Å². The molecule has 0 fully saturated rings. The van der Waals surface area contributed by atoms with Gasteiger partial charge in [-0.15, -0.1) is 0 Å². The highest BCUT2D eigenvalue weighted by molar-refractivity contribution is 5.88. The van der Waals surface area contributed by atoms with Crippen LogP contribution in [0.15, 0.2) is 6.07 Å². The van der Waals surface area contributed by atoms with Crippen molar-refractivity contribution in [1.29, 1.82) is 0 Å². The van der Waals surface area contributed by atoms with E-state index in [0.29, 0.717) is 11.7 Å². The maximum atomic E-state index is 11.8. The second-order valence-electron chi connectivity index (χ2n) is 4.25. The van der Waals surface area contributed by atoms with Crippen molar-refractivity contribution in [2.75, 3.05) is 26.0 Å². The maximum absolute atomic E-state index is 11.8. The van der Waals surface area contributed by atoms with Gasteiger partial charge in [-0.1, -0.05) is 6.92 Å². The van der Waals surface area contributed by atoms with Crippen molar-refractivity contribution in [3.05, 3.63) is 6.07 Å². The van der Waals surface area contributed by atoms with E-state index in [1.165, 1.54) is 30.7 Å². The summed E-state index contributed by atoms with van der Waals surface area (Å²) in [6.07, 6.45) is 0. The van der Waals surface area contributed by atoms with Crippen LogP contribution in [0.4, 0.5) is 10.6 Å². The third kappa shape index (κ3) is 3.87. The number of rotatable bonds is 5. The Bertz CT molecular complexity index is 471. The number of anilines is 1. The molecule has 2 N–H and O–H groups in total. The number of carbonyl (C=O) groups excluding carboxylic acids is 1. The predicted octanol–water partition coefficient (Wildman–Crippen LogP) is 0.613. The quantitative estimate of drug-likeness (QED) is 0.817. The molecule has 1 aromatic rings. The van der Waals surface area contributed by atoms with Crippen LogP contribution in [0, 0.1) is 5.92 Å². The van der Waals surface area contributed by atoms with E-state index in [-0.39, 0.29) is 6.54 Å². The molecule has 1 atom stereocenters. The normalized spacial score (nSPS) is 11.8. The van der Waals surface area contributed by atoms with Crippen molar-refractivity contribution in [1.82, 2.24) is 14.7 Å². The summed E-state index contributed by atoms with van der Waals surface area (Å²) in [6.45, 7) is 1.65. The number of carboxylic acids is 1.